The standard InChI is InChI=1S/C20H23N3O3/c1-15-5-3-8-18(13-15)22-9-11-23(12-10-22)20(25)21-17-7-4-6-16(14-17)19(24)26-2/h3-8,13-14H,9-12H2,1-2H3,(H,21,25). The molecule has 1 fully saturated rings. The summed E-state index contributed by atoms with van der Waals surface area (Å²) >= 11 is 0. The van der Waals surface area contributed by atoms with Crippen molar-refractivity contribution >= 4 is 23.4 Å². The molecule has 0 aliphatic carbocycles. The van der Waals surface area contributed by atoms with Crippen molar-refractivity contribution in [1.29, 1.82) is 0 Å². The Morgan fingerprint density at radius 3 is 2.42 bits per heavy atom. The van der Waals surface area contributed by atoms with Gasteiger partial charge in [0.05, 0.1) is 12.7 Å². The van der Waals surface area contributed by atoms with Gasteiger partial charge in [0, 0.05) is 37.6 Å². The van der Waals surface area contributed by atoms with Gasteiger partial charge in [0.15, 0.2) is 0 Å². The second-order valence-corrected chi connectivity index (χ2v) is 6.32. The molecule has 0 saturated carbocycles. The number of methoxy groups -OCH3 is 1. The van der Waals surface area contributed by atoms with Gasteiger partial charge in [-0.1, -0.05) is 18.2 Å². The topological polar surface area (TPSA) is 61.9 Å². The minimum atomic E-state index is -0.423. The number of hydrogen-bond acceptors (Lipinski definition) is 4. The summed E-state index contributed by atoms with van der Waals surface area (Å²) in [5.74, 6) is -0.423. The van der Waals surface area contributed by atoms with Crippen LogP contribution in [-0.2, 0) is 4.74 Å². The third-order valence-electron chi connectivity index (χ3n) is 4.47. The van der Waals surface area contributed by atoms with Crippen molar-refractivity contribution in [2.24, 2.45) is 0 Å². The molecule has 26 heavy (non-hydrogen) atoms. The number of esters is 1. The third-order valence-corrected chi connectivity index (χ3v) is 4.47. The number of carbonyl (C=O) groups is 2. The van der Waals surface area contributed by atoms with Crippen molar-refractivity contribution in [3.8, 4) is 0 Å². The average Bonchev–Trinajstić information content (AvgIpc) is 2.67. The summed E-state index contributed by atoms with van der Waals surface area (Å²) in [5, 5.41) is 2.86. The van der Waals surface area contributed by atoms with E-state index in [9.17, 15) is 9.59 Å². The molecule has 136 valence electrons. The molecule has 0 unspecified atom stereocenters. The van der Waals surface area contributed by atoms with Gasteiger partial charge in [0.1, 0.15) is 0 Å². The van der Waals surface area contributed by atoms with E-state index in [1.807, 2.05) is 0 Å². The zero-order chi connectivity index (χ0) is 18.5. The van der Waals surface area contributed by atoms with Crippen molar-refractivity contribution in [3.05, 3.63) is 59.7 Å². The largest absolute Gasteiger partial charge is 0.465 e. The minimum absolute atomic E-state index is 0.157. The molecular formula is C20H23N3O3. The van der Waals surface area contributed by atoms with Gasteiger partial charge in [-0.2, -0.15) is 0 Å². The Bertz CT molecular complexity index is 798. The Kier molecular flexibility index (Phi) is 5.41. The second kappa shape index (κ2) is 7.91. The van der Waals surface area contributed by atoms with Crippen LogP contribution in [0.25, 0.3) is 0 Å². The van der Waals surface area contributed by atoms with E-state index in [2.05, 4.69) is 41.4 Å². The highest BCUT2D eigenvalue weighted by atomic mass is 16.5. The van der Waals surface area contributed by atoms with Crippen LogP contribution in [0.3, 0.4) is 0 Å². The number of aryl methyl sites for hydroxylation is 1. The van der Waals surface area contributed by atoms with Gasteiger partial charge in [0.2, 0.25) is 0 Å². The third kappa shape index (κ3) is 4.14. The maximum Gasteiger partial charge on any atom is 0.337 e. The van der Waals surface area contributed by atoms with Crippen LogP contribution in [0.2, 0.25) is 0 Å². The summed E-state index contributed by atoms with van der Waals surface area (Å²) in [7, 11) is 1.33. The smallest absolute Gasteiger partial charge is 0.337 e. The number of hydrogen-bond donors (Lipinski definition) is 1. The molecule has 1 saturated heterocycles. The molecule has 1 heterocycles. The molecule has 2 aromatic rings. The average molecular weight is 353 g/mol. The first-order chi connectivity index (χ1) is 12.6. The van der Waals surface area contributed by atoms with Gasteiger partial charge in [-0.15, -0.1) is 0 Å². The fraction of sp³-hybridized carbons (Fsp3) is 0.300. The van der Waals surface area contributed by atoms with Crippen LogP contribution in [0.1, 0.15) is 15.9 Å². The minimum Gasteiger partial charge on any atom is -0.465 e. The molecule has 0 radical (unpaired) electrons. The van der Waals surface area contributed by atoms with Gasteiger partial charge < -0.3 is 19.9 Å². The molecule has 6 nitrogen and oxygen atoms in total. The maximum atomic E-state index is 12.5. The van der Waals surface area contributed by atoms with Gasteiger partial charge in [-0.05, 0) is 42.8 Å². The number of nitrogens with one attached hydrogen (secondary N) is 1. The van der Waals surface area contributed by atoms with Crippen molar-refractivity contribution in [2.75, 3.05) is 43.5 Å². The van der Waals surface area contributed by atoms with Gasteiger partial charge in [-0.3, -0.25) is 0 Å². The van der Waals surface area contributed by atoms with Gasteiger partial charge in [-0.25, -0.2) is 9.59 Å². The molecule has 0 atom stereocenters. The van der Waals surface area contributed by atoms with Gasteiger partial charge in [0.25, 0.3) is 0 Å². The van der Waals surface area contributed by atoms with Crippen LogP contribution in [-0.4, -0.2) is 50.2 Å². The Labute approximate surface area is 153 Å². The van der Waals surface area contributed by atoms with Crippen molar-refractivity contribution in [3.63, 3.8) is 0 Å². The Morgan fingerprint density at radius 2 is 1.73 bits per heavy atom. The number of piperazine rings is 1. The first-order valence-corrected chi connectivity index (χ1v) is 8.63. The molecule has 0 spiro atoms. The molecular weight excluding hydrogens is 330 g/mol. The lowest BCUT2D eigenvalue weighted by atomic mass is 10.2. The quantitative estimate of drug-likeness (QED) is 0.861. The van der Waals surface area contributed by atoms with Crippen LogP contribution in [0, 0.1) is 6.92 Å². The van der Waals surface area contributed by atoms with E-state index in [4.69, 9.17) is 4.74 Å². The van der Waals surface area contributed by atoms with E-state index >= 15 is 0 Å². The zero-order valence-electron chi connectivity index (χ0n) is 15.1. The Hall–Kier alpha value is -3.02. The normalized spacial score (nSPS) is 14.1. The van der Waals surface area contributed by atoms with Crippen molar-refractivity contribution in [2.45, 2.75) is 6.92 Å². The predicted octanol–water partition coefficient (Wildman–Crippen LogP) is 3.14. The summed E-state index contributed by atoms with van der Waals surface area (Å²) in [6.45, 7) is 4.96. The van der Waals surface area contributed by atoms with Gasteiger partial charge >= 0.3 is 12.0 Å². The molecule has 1 aliphatic heterocycles. The Morgan fingerprint density at radius 1 is 1.00 bits per heavy atom. The molecule has 6 heteroatoms. The first-order valence-electron chi connectivity index (χ1n) is 8.63. The second-order valence-electron chi connectivity index (χ2n) is 6.32. The Balaban J connectivity index is 1.58. The highest BCUT2D eigenvalue weighted by Gasteiger charge is 2.21. The van der Waals surface area contributed by atoms with Crippen LogP contribution in [0.15, 0.2) is 48.5 Å². The number of anilines is 2. The lowest BCUT2D eigenvalue weighted by Gasteiger charge is -2.36. The molecule has 0 aromatic heterocycles. The fourth-order valence-corrected chi connectivity index (χ4v) is 3.04. The summed E-state index contributed by atoms with van der Waals surface area (Å²) in [6, 6.07) is 15.0. The van der Waals surface area contributed by atoms with E-state index in [0.717, 1.165) is 13.1 Å². The van der Waals surface area contributed by atoms with E-state index in [-0.39, 0.29) is 6.03 Å². The molecule has 3 rings (SSSR count). The molecule has 2 amide bonds. The fourth-order valence-electron chi connectivity index (χ4n) is 3.04. The van der Waals surface area contributed by atoms with Crippen LogP contribution < -0.4 is 10.2 Å². The number of carbonyl (C=O) groups excluding carboxylic acids is 2. The van der Waals surface area contributed by atoms with Crippen molar-refractivity contribution < 1.29 is 14.3 Å². The SMILES string of the molecule is COC(=O)c1cccc(NC(=O)N2CCN(c3cccc(C)c3)CC2)c1. The summed E-state index contributed by atoms with van der Waals surface area (Å²) in [4.78, 5) is 28.2. The summed E-state index contributed by atoms with van der Waals surface area (Å²) in [5.41, 5.74) is 3.41. The highest BCUT2D eigenvalue weighted by molar-refractivity contribution is 5.94. The van der Waals surface area contributed by atoms with Crippen LogP contribution in [0.5, 0.6) is 0 Å². The lowest BCUT2D eigenvalue weighted by molar-refractivity contribution is 0.0600. The molecule has 1 N–H and O–H groups in total. The molecule has 0 bridgehead atoms. The zero-order valence-corrected chi connectivity index (χ0v) is 15.1. The number of amides is 2. The van der Waals surface area contributed by atoms with Crippen molar-refractivity contribution in [1.82, 2.24) is 4.90 Å². The lowest BCUT2D eigenvalue weighted by Crippen LogP contribution is -2.50. The van der Waals surface area contributed by atoms with E-state index in [1.165, 1.54) is 18.4 Å². The number of nitrogens with zero attached hydrogens (tertiary/aromatic N) is 2. The highest BCUT2D eigenvalue weighted by Crippen LogP contribution is 2.18. The predicted molar refractivity (Wildman–Crippen MR) is 102 cm³/mol. The van der Waals surface area contributed by atoms with E-state index in [1.54, 1.807) is 29.2 Å². The summed E-state index contributed by atoms with van der Waals surface area (Å²) < 4.78 is 4.71. The number of urea groups is 1. The van der Waals surface area contributed by atoms with Crippen LogP contribution in [0.4, 0.5) is 16.2 Å². The maximum absolute atomic E-state index is 12.5. The summed E-state index contributed by atoms with van der Waals surface area (Å²) in [6.07, 6.45) is 0. The number of benzene rings is 2. The molecule has 1 aliphatic rings. The first kappa shape index (κ1) is 17.8. The van der Waals surface area contributed by atoms with E-state index in [0.29, 0.717) is 24.3 Å². The van der Waals surface area contributed by atoms with E-state index < -0.39 is 5.97 Å². The molecule has 2 aromatic carbocycles. The number of rotatable bonds is 3. The van der Waals surface area contributed by atoms with Crippen LogP contribution >= 0.6 is 0 Å². The monoisotopic (exact) mass is 353 g/mol. The number of ether oxygens (including phenoxy) is 1.